The van der Waals surface area contributed by atoms with E-state index in [0.717, 1.165) is 0 Å². The van der Waals surface area contributed by atoms with Crippen molar-refractivity contribution in [3.05, 3.63) is 17.5 Å². The summed E-state index contributed by atoms with van der Waals surface area (Å²) in [6.07, 6.45) is 1.38. The Morgan fingerprint density at radius 1 is 1.90 bits per heavy atom. The van der Waals surface area contributed by atoms with E-state index in [1.807, 2.05) is 0 Å². The van der Waals surface area contributed by atoms with E-state index in [9.17, 15) is 4.79 Å². The predicted octanol–water partition coefficient (Wildman–Crippen LogP) is 1.40. The molecule has 0 aromatic carbocycles. The van der Waals surface area contributed by atoms with Crippen LogP contribution in [0.25, 0.3) is 0 Å². The van der Waals surface area contributed by atoms with Crippen LogP contribution >= 0.6 is 11.6 Å². The van der Waals surface area contributed by atoms with Gasteiger partial charge in [0, 0.05) is 0 Å². The SMILES string of the molecule is Cc1oncc1C(=O)CCl. The van der Waals surface area contributed by atoms with Crippen molar-refractivity contribution in [2.45, 2.75) is 6.92 Å². The molecule has 0 saturated carbocycles. The molecule has 0 N–H and O–H groups in total. The van der Waals surface area contributed by atoms with Gasteiger partial charge in [-0.25, -0.2) is 0 Å². The lowest BCUT2D eigenvalue weighted by atomic mass is 10.2. The molecule has 0 amide bonds. The normalized spacial score (nSPS) is 9.80. The highest BCUT2D eigenvalue weighted by Crippen LogP contribution is 2.06. The quantitative estimate of drug-likeness (QED) is 0.484. The third kappa shape index (κ3) is 1.19. The first-order chi connectivity index (χ1) is 4.75. The summed E-state index contributed by atoms with van der Waals surface area (Å²) in [5.41, 5.74) is 0.468. The zero-order chi connectivity index (χ0) is 7.56. The second-order valence-electron chi connectivity index (χ2n) is 1.85. The molecule has 4 heteroatoms. The van der Waals surface area contributed by atoms with E-state index in [1.54, 1.807) is 6.92 Å². The van der Waals surface area contributed by atoms with Crippen LogP contribution < -0.4 is 0 Å². The number of ketones is 1. The number of Topliss-reactive ketones (excluding diaryl/α,β-unsaturated/α-hetero) is 1. The summed E-state index contributed by atoms with van der Waals surface area (Å²) in [6.45, 7) is 1.67. The summed E-state index contributed by atoms with van der Waals surface area (Å²) in [5.74, 6) is 0.341. The lowest BCUT2D eigenvalue weighted by Gasteiger charge is -1.87. The maximum Gasteiger partial charge on any atom is 0.182 e. The van der Waals surface area contributed by atoms with Gasteiger partial charge in [0.05, 0.1) is 17.6 Å². The molecule has 0 aliphatic rings. The van der Waals surface area contributed by atoms with Gasteiger partial charge >= 0.3 is 0 Å². The van der Waals surface area contributed by atoms with Crippen LogP contribution in [0.4, 0.5) is 0 Å². The number of aromatic nitrogens is 1. The Hall–Kier alpha value is -0.830. The van der Waals surface area contributed by atoms with E-state index in [1.165, 1.54) is 6.20 Å². The van der Waals surface area contributed by atoms with Crippen molar-refractivity contribution in [3.8, 4) is 0 Å². The molecule has 1 rings (SSSR count). The number of nitrogens with zero attached hydrogens (tertiary/aromatic N) is 1. The van der Waals surface area contributed by atoms with Crippen molar-refractivity contribution < 1.29 is 9.32 Å². The van der Waals surface area contributed by atoms with Crippen LogP contribution in [0.1, 0.15) is 16.1 Å². The standard InChI is InChI=1S/C6H6ClNO2/c1-4-5(3-8-10-4)6(9)2-7/h3H,2H2,1H3. The molecule has 0 atom stereocenters. The van der Waals surface area contributed by atoms with E-state index in [-0.39, 0.29) is 11.7 Å². The summed E-state index contributed by atoms with van der Waals surface area (Å²) in [4.78, 5) is 10.9. The number of aryl methyl sites for hydroxylation is 1. The molecule has 0 aliphatic heterocycles. The average Bonchev–Trinajstić information content (AvgIpc) is 2.34. The van der Waals surface area contributed by atoms with Gasteiger partial charge in [-0.2, -0.15) is 0 Å². The van der Waals surface area contributed by atoms with Gasteiger partial charge in [0.25, 0.3) is 0 Å². The summed E-state index contributed by atoms with van der Waals surface area (Å²) in [7, 11) is 0. The van der Waals surface area contributed by atoms with Crippen molar-refractivity contribution in [2.24, 2.45) is 0 Å². The van der Waals surface area contributed by atoms with Gasteiger partial charge in [-0.05, 0) is 6.92 Å². The van der Waals surface area contributed by atoms with Crippen LogP contribution in [0.3, 0.4) is 0 Å². The molecule has 0 radical (unpaired) electrons. The van der Waals surface area contributed by atoms with E-state index in [2.05, 4.69) is 9.68 Å². The first-order valence-corrected chi connectivity index (χ1v) is 3.29. The minimum absolute atomic E-state index is 0.0257. The van der Waals surface area contributed by atoms with Crippen LogP contribution in [0.15, 0.2) is 10.7 Å². The number of carbonyl (C=O) groups excluding carboxylic acids is 1. The van der Waals surface area contributed by atoms with E-state index in [4.69, 9.17) is 11.6 Å². The van der Waals surface area contributed by atoms with Crippen molar-refractivity contribution in [1.29, 1.82) is 0 Å². The zero-order valence-corrected chi connectivity index (χ0v) is 6.18. The first kappa shape index (κ1) is 7.28. The number of halogens is 1. The maximum atomic E-state index is 10.9. The Morgan fingerprint density at radius 2 is 2.60 bits per heavy atom. The Morgan fingerprint density at radius 3 is 3.00 bits per heavy atom. The van der Waals surface area contributed by atoms with Crippen molar-refractivity contribution in [3.63, 3.8) is 0 Å². The Balaban J connectivity index is 2.93. The van der Waals surface area contributed by atoms with Crippen LogP contribution in [0.5, 0.6) is 0 Å². The minimum atomic E-state index is -0.152. The van der Waals surface area contributed by atoms with Crippen LogP contribution in [0.2, 0.25) is 0 Å². The molecule has 10 heavy (non-hydrogen) atoms. The molecule has 54 valence electrons. The average molecular weight is 160 g/mol. The molecule has 0 saturated heterocycles. The number of carbonyl (C=O) groups is 1. The van der Waals surface area contributed by atoms with Gasteiger partial charge in [-0.1, -0.05) is 5.16 Å². The van der Waals surface area contributed by atoms with Gasteiger partial charge in [-0.3, -0.25) is 4.79 Å². The second-order valence-corrected chi connectivity index (χ2v) is 2.12. The molecule has 1 heterocycles. The third-order valence-electron chi connectivity index (χ3n) is 1.17. The molecule has 1 aromatic rings. The monoisotopic (exact) mass is 159 g/mol. The summed E-state index contributed by atoms with van der Waals surface area (Å²) in [6, 6.07) is 0. The Labute approximate surface area is 63.0 Å². The molecule has 0 aliphatic carbocycles. The zero-order valence-electron chi connectivity index (χ0n) is 5.43. The second kappa shape index (κ2) is 2.84. The third-order valence-corrected chi connectivity index (χ3v) is 1.42. The highest BCUT2D eigenvalue weighted by atomic mass is 35.5. The fraction of sp³-hybridized carbons (Fsp3) is 0.333. The number of alkyl halides is 1. The fourth-order valence-corrected chi connectivity index (χ4v) is 0.782. The van der Waals surface area contributed by atoms with Gasteiger partial charge in [-0.15, -0.1) is 11.6 Å². The lowest BCUT2D eigenvalue weighted by Crippen LogP contribution is -1.99. The Kier molecular flexibility index (Phi) is 2.06. The fourth-order valence-electron chi connectivity index (χ4n) is 0.639. The molecular weight excluding hydrogens is 154 g/mol. The molecule has 0 bridgehead atoms. The molecule has 0 fully saturated rings. The predicted molar refractivity (Wildman–Crippen MR) is 36.3 cm³/mol. The molecule has 1 aromatic heterocycles. The van der Waals surface area contributed by atoms with E-state index < -0.39 is 0 Å². The molecule has 0 spiro atoms. The first-order valence-electron chi connectivity index (χ1n) is 2.76. The molecular formula is C6H6ClNO2. The maximum absolute atomic E-state index is 10.9. The highest BCUT2D eigenvalue weighted by molar-refractivity contribution is 6.30. The van der Waals surface area contributed by atoms with E-state index in [0.29, 0.717) is 11.3 Å². The van der Waals surface area contributed by atoms with E-state index >= 15 is 0 Å². The summed E-state index contributed by atoms with van der Waals surface area (Å²) in [5, 5.41) is 3.44. The Bertz CT molecular complexity index is 244. The number of hydrogen-bond acceptors (Lipinski definition) is 3. The van der Waals surface area contributed by atoms with Crippen LogP contribution in [0, 0.1) is 6.92 Å². The van der Waals surface area contributed by atoms with Gasteiger partial charge < -0.3 is 4.52 Å². The highest BCUT2D eigenvalue weighted by Gasteiger charge is 2.10. The molecule has 0 unspecified atom stereocenters. The van der Waals surface area contributed by atoms with Gasteiger partial charge in [0.1, 0.15) is 5.76 Å². The van der Waals surface area contributed by atoms with Gasteiger partial charge in [0.2, 0.25) is 0 Å². The number of rotatable bonds is 2. The van der Waals surface area contributed by atoms with Gasteiger partial charge in [0.15, 0.2) is 5.78 Å². The number of hydrogen-bond donors (Lipinski definition) is 0. The lowest BCUT2D eigenvalue weighted by molar-refractivity contribution is 0.101. The largest absolute Gasteiger partial charge is 0.361 e. The topological polar surface area (TPSA) is 43.1 Å². The minimum Gasteiger partial charge on any atom is -0.361 e. The summed E-state index contributed by atoms with van der Waals surface area (Å²) >= 11 is 5.30. The summed E-state index contributed by atoms with van der Waals surface area (Å²) < 4.78 is 4.66. The van der Waals surface area contributed by atoms with Crippen LogP contribution in [-0.4, -0.2) is 16.8 Å². The van der Waals surface area contributed by atoms with Crippen molar-refractivity contribution in [1.82, 2.24) is 5.16 Å². The smallest absolute Gasteiger partial charge is 0.182 e. The van der Waals surface area contributed by atoms with Crippen molar-refractivity contribution >= 4 is 17.4 Å². The molecule has 3 nitrogen and oxygen atoms in total. The van der Waals surface area contributed by atoms with Crippen molar-refractivity contribution in [2.75, 3.05) is 5.88 Å². The van der Waals surface area contributed by atoms with Crippen LogP contribution in [-0.2, 0) is 0 Å².